The third-order valence-corrected chi connectivity index (χ3v) is 4.36. The van der Waals surface area contributed by atoms with Crippen molar-refractivity contribution in [3.63, 3.8) is 0 Å². The SMILES string of the molecule is CCC(C)C(C)(C)C(C)C(C)(C)Cl. The molecule has 2 unspecified atom stereocenters. The van der Waals surface area contributed by atoms with Crippen molar-refractivity contribution >= 4 is 11.6 Å². The van der Waals surface area contributed by atoms with Crippen molar-refractivity contribution in [2.45, 2.75) is 59.8 Å². The summed E-state index contributed by atoms with van der Waals surface area (Å²) < 4.78 is 0. The second-order valence-electron chi connectivity index (χ2n) is 5.42. The van der Waals surface area contributed by atoms with Gasteiger partial charge in [0.2, 0.25) is 0 Å². The van der Waals surface area contributed by atoms with Crippen molar-refractivity contribution in [3.8, 4) is 0 Å². The van der Waals surface area contributed by atoms with Gasteiger partial charge in [-0.05, 0) is 31.1 Å². The largest absolute Gasteiger partial charge is 0.120 e. The quantitative estimate of drug-likeness (QED) is 0.582. The molecule has 80 valence electrons. The van der Waals surface area contributed by atoms with Crippen LogP contribution in [-0.2, 0) is 0 Å². The monoisotopic (exact) mass is 204 g/mol. The van der Waals surface area contributed by atoms with Crippen LogP contribution in [0.2, 0.25) is 0 Å². The Kier molecular flexibility index (Phi) is 4.30. The summed E-state index contributed by atoms with van der Waals surface area (Å²) in [6.45, 7) is 15.7. The van der Waals surface area contributed by atoms with Gasteiger partial charge in [-0.15, -0.1) is 11.6 Å². The standard InChI is InChI=1S/C12H25Cl/c1-8-9(2)11(4,5)10(3)12(6,7)13/h9-10H,8H2,1-7H3. The molecule has 0 aliphatic carbocycles. The summed E-state index contributed by atoms with van der Waals surface area (Å²) in [6.07, 6.45) is 1.23. The highest BCUT2D eigenvalue weighted by Gasteiger charge is 2.38. The lowest BCUT2D eigenvalue weighted by Crippen LogP contribution is -2.39. The smallest absolute Gasteiger partial charge is 0.0421 e. The number of halogens is 1. The zero-order valence-corrected chi connectivity index (χ0v) is 11.0. The van der Waals surface area contributed by atoms with E-state index in [-0.39, 0.29) is 4.87 Å². The van der Waals surface area contributed by atoms with Crippen molar-refractivity contribution in [2.75, 3.05) is 0 Å². The highest BCUT2D eigenvalue weighted by molar-refractivity contribution is 6.23. The number of hydrogen-bond acceptors (Lipinski definition) is 0. The summed E-state index contributed by atoms with van der Waals surface area (Å²) in [5, 5.41) is 0. The van der Waals surface area contributed by atoms with Gasteiger partial charge in [0.05, 0.1) is 0 Å². The molecule has 0 aliphatic rings. The normalized spacial score (nSPS) is 18.5. The molecule has 0 aromatic carbocycles. The van der Waals surface area contributed by atoms with Crippen LogP contribution in [0.3, 0.4) is 0 Å². The van der Waals surface area contributed by atoms with Crippen LogP contribution in [0, 0.1) is 17.3 Å². The van der Waals surface area contributed by atoms with E-state index in [0.717, 1.165) is 5.92 Å². The van der Waals surface area contributed by atoms with E-state index >= 15 is 0 Å². The molecule has 0 aromatic heterocycles. The zero-order chi connectivity index (χ0) is 10.9. The third kappa shape index (κ3) is 3.16. The lowest BCUT2D eigenvalue weighted by atomic mass is 9.66. The maximum absolute atomic E-state index is 6.37. The molecule has 0 amide bonds. The van der Waals surface area contributed by atoms with E-state index in [1.165, 1.54) is 6.42 Å². The van der Waals surface area contributed by atoms with Crippen LogP contribution in [0.25, 0.3) is 0 Å². The number of alkyl halides is 1. The van der Waals surface area contributed by atoms with Gasteiger partial charge in [-0.3, -0.25) is 0 Å². The van der Waals surface area contributed by atoms with E-state index in [1.807, 2.05) is 0 Å². The van der Waals surface area contributed by atoms with Gasteiger partial charge in [0.1, 0.15) is 0 Å². The van der Waals surface area contributed by atoms with Gasteiger partial charge in [0.15, 0.2) is 0 Å². The highest BCUT2D eigenvalue weighted by atomic mass is 35.5. The van der Waals surface area contributed by atoms with Crippen LogP contribution >= 0.6 is 11.6 Å². The van der Waals surface area contributed by atoms with Gasteiger partial charge in [0, 0.05) is 4.87 Å². The van der Waals surface area contributed by atoms with Crippen molar-refractivity contribution in [1.29, 1.82) is 0 Å². The van der Waals surface area contributed by atoms with Gasteiger partial charge >= 0.3 is 0 Å². The summed E-state index contributed by atoms with van der Waals surface area (Å²) in [6, 6.07) is 0. The van der Waals surface area contributed by atoms with Crippen LogP contribution < -0.4 is 0 Å². The van der Waals surface area contributed by atoms with E-state index in [4.69, 9.17) is 11.6 Å². The molecule has 0 nitrogen and oxygen atoms in total. The molecule has 0 saturated heterocycles. The van der Waals surface area contributed by atoms with Crippen molar-refractivity contribution in [3.05, 3.63) is 0 Å². The van der Waals surface area contributed by atoms with E-state index in [2.05, 4.69) is 48.5 Å². The molecule has 1 heteroatoms. The van der Waals surface area contributed by atoms with Crippen LogP contribution in [0.5, 0.6) is 0 Å². The fourth-order valence-electron chi connectivity index (χ4n) is 1.84. The molecular formula is C12H25Cl. The molecular weight excluding hydrogens is 180 g/mol. The average Bonchev–Trinajstić information content (AvgIpc) is 1.99. The first-order chi connectivity index (χ1) is 5.64. The third-order valence-electron chi connectivity index (χ3n) is 4.03. The number of hydrogen-bond donors (Lipinski definition) is 0. The van der Waals surface area contributed by atoms with Crippen molar-refractivity contribution < 1.29 is 0 Å². The lowest BCUT2D eigenvalue weighted by Gasteiger charge is -2.43. The second kappa shape index (κ2) is 4.21. The van der Waals surface area contributed by atoms with Crippen molar-refractivity contribution in [1.82, 2.24) is 0 Å². The van der Waals surface area contributed by atoms with Crippen LogP contribution in [0.1, 0.15) is 54.9 Å². The molecule has 0 fully saturated rings. The first kappa shape index (κ1) is 13.3. The van der Waals surface area contributed by atoms with Crippen LogP contribution in [0.4, 0.5) is 0 Å². The van der Waals surface area contributed by atoms with Crippen LogP contribution in [-0.4, -0.2) is 4.87 Å². The van der Waals surface area contributed by atoms with E-state index in [0.29, 0.717) is 11.3 Å². The summed E-state index contributed by atoms with van der Waals surface area (Å²) >= 11 is 6.37. The second-order valence-corrected chi connectivity index (χ2v) is 6.39. The summed E-state index contributed by atoms with van der Waals surface area (Å²) in [7, 11) is 0. The molecule has 0 N–H and O–H groups in total. The molecule has 2 atom stereocenters. The highest BCUT2D eigenvalue weighted by Crippen LogP contribution is 2.44. The average molecular weight is 205 g/mol. The van der Waals surface area contributed by atoms with E-state index in [9.17, 15) is 0 Å². The first-order valence-corrected chi connectivity index (χ1v) is 5.70. The maximum atomic E-state index is 6.37. The predicted molar refractivity (Wildman–Crippen MR) is 62.3 cm³/mol. The Bertz CT molecular complexity index is 153. The molecule has 0 heterocycles. The van der Waals surface area contributed by atoms with Crippen LogP contribution in [0.15, 0.2) is 0 Å². The summed E-state index contributed by atoms with van der Waals surface area (Å²) in [4.78, 5) is -0.104. The maximum Gasteiger partial charge on any atom is 0.0421 e. The first-order valence-electron chi connectivity index (χ1n) is 5.33. The number of rotatable bonds is 4. The fourth-order valence-corrected chi connectivity index (χ4v) is 2.12. The lowest BCUT2D eigenvalue weighted by molar-refractivity contribution is 0.109. The Labute approximate surface area is 89.1 Å². The molecule has 0 spiro atoms. The minimum Gasteiger partial charge on any atom is -0.120 e. The fraction of sp³-hybridized carbons (Fsp3) is 1.00. The van der Waals surface area contributed by atoms with E-state index < -0.39 is 0 Å². The molecule has 0 aromatic rings. The summed E-state index contributed by atoms with van der Waals surface area (Å²) in [5.41, 5.74) is 0.319. The minimum absolute atomic E-state index is 0.104. The molecule has 0 rings (SSSR count). The summed E-state index contributed by atoms with van der Waals surface area (Å²) in [5.74, 6) is 1.25. The molecule has 0 aliphatic heterocycles. The Morgan fingerprint density at radius 3 is 1.69 bits per heavy atom. The van der Waals surface area contributed by atoms with E-state index in [1.54, 1.807) is 0 Å². The van der Waals surface area contributed by atoms with Gasteiger partial charge in [-0.25, -0.2) is 0 Å². The van der Waals surface area contributed by atoms with Gasteiger partial charge < -0.3 is 0 Å². The molecule has 13 heavy (non-hydrogen) atoms. The molecule has 0 saturated carbocycles. The topological polar surface area (TPSA) is 0 Å². The van der Waals surface area contributed by atoms with Crippen molar-refractivity contribution in [2.24, 2.45) is 17.3 Å². The minimum atomic E-state index is -0.104. The van der Waals surface area contributed by atoms with Gasteiger partial charge in [0.25, 0.3) is 0 Å². The molecule has 0 radical (unpaired) electrons. The Morgan fingerprint density at radius 1 is 1.08 bits per heavy atom. The van der Waals surface area contributed by atoms with Gasteiger partial charge in [-0.1, -0.05) is 41.0 Å². The Balaban J connectivity index is 4.63. The molecule has 0 bridgehead atoms. The Hall–Kier alpha value is 0.290. The zero-order valence-electron chi connectivity index (χ0n) is 10.2. The van der Waals surface area contributed by atoms with Gasteiger partial charge in [-0.2, -0.15) is 0 Å². The Morgan fingerprint density at radius 2 is 1.46 bits per heavy atom. The predicted octanol–water partition coefficient (Wildman–Crippen LogP) is 4.71.